The third-order valence-corrected chi connectivity index (χ3v) is 4.77. The zero-order chi connectivity index (χ0) is 19.9. The smallest absolute Gasteiger partial charge is 0.245 e. The summed E-state index contributed by atoms with van der Waals surface area (Å²) in [6.45, 7) is 2.24. The van der Waals surface area contributed by atoms with Crippen LogP contribution >= 0.6 is 0 Å². The lowest BCUT2D eigenvalue weighted by molar-refractivity contribution is -0.114. The van der Waals surface area contributed by atoms with Gasteiger partial charge in [0.05, 0.1) is 25.2 Å². The van der Waals surface area contributed by atoms with E-state index in [0.717, 1.165) is 16.1 Å². The first-order valence-electron chi connectivity index (χ1n) is 8.42. The van der Waals surface area contributed by atoms with Gasteiger partial charge in [-0.1, -0.05) is 24.3 Å². The van der Waals surface area contributed by atoms with Crippen molar-refractivity contribution in [2.75, 3.05) is 36.1 Å². The fourth-order valence-corrected chi connectivity index (χ4v) is 3.42. The highest BCUT2D eigenvalue weighted by Gasteiger charge is 2.24. The van der Waals surface area contributed by atoms with Crippen LogP contribution in [0.4, 0.5) is 11.4 Å². The Labute approximate surface area is 160 Å². The number of carbonyl (C=O) groups is 1. The van der Waals surface area contributed by atoms with Crippen LogP contribution in [0.15, 0.2) is 48.5 Å². The summed E-state index contributed by atoms with van der Waals surface area (Å²) in [7, 11) is -2.10. The van der Waals surface area contributed by atoms with Crippen LogP contribution in [0.3, 0.4) is 0 Å². The molecule has 2 aromatic rings. The molecule has 0 bridgehead atoms. The number of hydrogen-bond acceptors (Lipinski definition) is 5. The Hall–Kier alpha value is -2.58. The predicted octanol–water partition coefficient (Wildman–Crippen LogP) is 2.64. The maximum absolute atomic E-state index is 12.5. The summed E-state index contributed by atoms with van der Waals surface area (Å²) in [6.07, 6.45) is 1.06. The van der Waals surface area contributed by atoms with E-state index >= 15 is 0 Å². The number of nitrogens with one attached hydrogen (secondary N) is 1. The quantitative estimate of drug-likeness (QED) is 0.709. The Morgan fingerprint density at radius 3 is 2.56 bits per heavy atom. The van der Waals surface area contributed by atoms with E-state index in [1.165, 1.54) is 0 Å². The zero-order valence-corrected chi connectivity index (χ0v) is 16.5. The van der Waals surface area contributed by atoms with E-state index in [2.05, 4.69) is 5.32 Å². The SMILES string of the molecule is CCOc1ccccc1N(CC(=O)Nc1cccc(COC)c1)S(C)(=O)=O. The van der Waals surface area contributed by atoms with Gasteiger partial charge in [-0.15, -0.1) is 0 Å². The van der Waals surface area contributed by atoms with Crippen molar-refractivity contribution in [2.45, 2.75) is 13.5 Å². The average Bonchev–Trinajstić information content (AvgIpc) is 2.60. The highest BCUT2D eigenvalue weighted by atomic mass is 32.2. The number of sulfonamides is 1. The largest absolute Gasteiger partial charge is 0.492 e. The Kier molecular flexibility index (Phi) is 7.20. The summed E-state index contributed by atoms with van der Waals surface area (Å²) in [5, 5.41) is 2.72. The highest BCUT2D eigenvalue weighted by Crippen LogP contribution is 2.29. The number of anilines is 2. The molecule has 0 atom stereocenters. The van der Waals surface area contributed by atoms with E-state index in [0.29, 0.717) is 30.3 Å². The molecule has 0 radical (unpaired) electrons. The molecule has 1 N–H and O–H groups in total. The summed E-state index contributed by atoms with van der Waals surface area (Å²) in [5.41, 5.74) is 1.79. The number of amides is 1. The molecule has 0 saturated heterocycles. The molecule has 27 heavy (non-hydrogen) atoms. The van der Waals surface area contributed by atoms with Gasteiger partial charge in [0.15, 0.2) is 0 Å². The van der Waals surface area contributed by atoms with Crippen molar-refractivity contribution in [1.29, 1.82) is 0 Å². The van der Waals surface area contributed by atoms with Gasteiger partial charge in [-0.05, 0) is 36.8 Å². The van der Waals surface area contributed by atoms with E-state index in [1.54, 1.807) is 56.5 Å². The third kappa shape index (κ3) is 5.97. The highest BCUT2D eigenvalue weighted by molar-refractivity contribution is 7.92. The van der Waals surface area contributed by atoms with Gasteiger partial charge in [0.25, 0.3) is 0 Å². The Morgan fingerprint density at radius 2 is 1.89 bits per heavy atom. The van der Waals surface area contributed by atoms with E-state index in [9.17, 15) is 13.2 Å². The Balaban J connectivity index is 2.22. The van der Waals surface area contributed by atoms with E-state index in [1.807, 2.05) is 6.07 Å². The number of benzene rings is 2. The van der Waals surface area contributed by atoms with E-state index in [-0.39, 0.29) is 6.54 Å². The first-order chi connectivity index (χ1) is 12.8. The number of rotatable bonds is 9. The maximum Gasteiger partial charge on any atom is 0.245 e. The number of ether oxygens (including phenoxy) is 2. The second-order valence-electron chi connectivity index (χ2n) is 5.85. The molecule has 8 heteroatoms. The average molecular weight is 392 g/mol. The van der Waals surface area contributed by atoms with Gasteiger partial charge < -0.3 is 14.8 Å². The molecule has 2 aromatic carbocycles. The summed E-state index contributed by atoms with van der Waals surface area (Å²) >= 11 is 0. The normalized spacial score (nSPS) is 11.1. The number of nitrogens with zero attached hydrogens (tertiary/aromatic N) is 1. The molecule has 0 heterocycles. The molecule has 0 aliphatic heterocycles. The van der Waals surface area contributed by atoms with Crippen molar-refractivity contribution in [3.05, 3.63) is 54.1 Å². The third-order valence-electron chi connectivity index (χ3n) is 3.64. The van der Waals surface area contributed by atoms with Gasteiger partial charge in [0, 0.05) is 12.8 Å². The van der Waals surface area contributed by atoms with Crippen molar-refractivity contribution >= 4 is 27.3 Å². The molecule has 2 rings (SSSR count). The molecule has 0 saturated carbocycles. The van der Waals surface area contributed by atoms with Gasteiger partial charge >= 0.3 is 0 Å². The second kappa shape index (κ2) is 9.38. The molecule has 1 amide bonds. The minimum atomic E-state index is -3.69. The van der Waals surface area contributed by atoms with Crippen LogP contribution in [0, 0.1) is 0 Å². The second-order valence-corrected chi connectivity index (χ2v) is 7.76. The monoisotopic (exact) mass is 392 g/mol. The molecule has 7 nitrogen and oxygen atoms in total. The van der Waals surface area contributed by atoms with Crippen molar-refractivity contribution in [3.8, 4) is 5.75 Å². The first kappa shape index (κ1) is 20.7. The van der Waals surface area contributed by atoms with Gasteiger partial charge in [0.1, 0.15) is 12.3 Å². The molecular formula is C19H24N2O5S. The van der Waals surface area contributed by atoms with Crippen molar-refractivity contribution in [2.24, 2.45) is 0 Å². The fourth-order valence-electron chi connectivity index (χ4n) is 2.56. The number of hydrogen-bond donors (Lipinski definition) is 1. The van der Waals surface area contributed by atoms with Gasteiger partial charge in [-0.3, -0.25) is 9.10 Å². The van der Waals surface area contributed by atoms with Gasteiger partial charge in [0.2, 0.25) is 15.9 Å². The van der Waals surface area contributed by atoms with Crippen LogP contribution in [-0.2, 0) is 26.2 Å². The van der Waals surface area contributed by atoms with Crippen LogP contribution < -0.4 is 14.4 Å². The molecule has 0 aliphatic carbocycles. The van der Waals surface area contributed by atoms with Crippen molar-refractivity contribution in [3.63, 3.8) is 0 Å². The molecule has 0 spiro atoms. The van der Waals surface area contributed by atoms with Gasteiger partial charge in [-0.25, -0.2) is 8.42 Å². The minimum Gasteiger partial charge on any atom is -0.492 e. The minimum absolute atomic E-state index is 0.324. The topological polar surface area (TPSA) is 84.9 Å². The van der Waals surface area contributed by atoms with E-state index in [4.69, 9.17) is 9.47 Å². The molecular weight excluding hydrogens is 368 g/mol. The maximum atomic E-state index is 12.5. The van der Waals surface area contributed by atoms with Crippen LogP contribution in [0.25, 0.3) is 0 Å². The molecule has 146 valence electrons. The number of carbonyl (C=O) groups excluding carboxylic acids is 1. The summed E-state index contributed by atoms with van der Waals surface area (Å²) in [5.74, 6) is -0.0541. The molecule has 0 fully saturated rings. The van der Waals surface area contributed by atoms with Crippen LogP contribution in [0.1, 0.15) is 12.5 Å². The molecule has 0 aliphatic rings. The standard InChI is InChI=1S/C19H24N2O5S/c1-4-26-18-11-6-5-10-17(18)21(27(3,23)24)13-19(22)20-16-9-7-8-15(12-16)14-25-2/h5-12H,4,13-14H2,1-3H3,(H,20,22). The van der Waals surface area contributed by atoms with Crippen molar-refractivity contribution in [1.82, 2.24) is 0 Å². The number of para-hydroxylation sites is 2. The lowest BCUT2D eigenvalue weighted by Gasteiger charge is -2.24. The zero-order valence-electron chi connectivity index (χ0n) is 15.6. The lowest BCUT2D eigenvalue weighted by Crippen LogP contribution is -2.37. The van der Waals surface area contributed by atoms with E-state index < -0.39 is 15.9 Å². The Bertz CT molecular complexity index is 883. The summed E-state index contributed by atoms with van der Waals surface area (Å²) in [4.78, 5) is 12.5. The van der Waals surface area contributed by atoms with Crippen molar-refractivity contribution < 1.29 is 22.7 Å². The predicted molar refractivity (Wildman–Crippen MR) is 106 cm³/mol. The van der Waals surface area contributed by atoms with Crippen LogP contribution in [-0.4, -0.2) is 40.8 Å². The molecule has 0 unspecified atom stereocenters. The lowest BCUT2D eigenvalue weighted by atomic mass is 10.2. The van der Waals surface area contributed by atoms with Crippen LogP contribution in [0.2, 0.25) is 0 Å². The molecule has 0 aromatic heterocycles. The fraction of sp³-hybridized carbons (Fsp3) is 0.316. The van der Waals surface area contributed by atoms with Gasteiger partial charge in [-0.2, -0.15) is 0 Å². The number of methoxy groups -OCH3 is 1. The summed E-state index contributed by atoms with van der Waals surface area (Å²) < 4.78 is 36.2. The Morgan fingerprint density at radius 1 is 1.15 bits per heavy atom. The summed E-state index contributed by atoms with van der Waals surface area (Å²) in [6, 6.07) is 13.9. The van der Waals surface area contributed by atoms with Crippen LogP contribution in [0.5, 0.6) is 5.75 Å². The first-order valence-corrected chi connectivity index (χ1v) is 10.3.